The van der Waals surface area contributed by atoms with Gasteiger partial charge in [-0.1, -0.05) is 12.8 Å². The van der Waals surface area contributed by atoms with E-state index in [2.05, 4.69) is 0 Å². The topological polar surface area (TPSA) is 69.7 Å². The van der Waals surface area contributed by atoms with Crippen molar-refractivity contribution in [2.24, 2.45) is 17.3 Å². The SMILES string of the molecule is CC(=O)C1=C2OC3=C(C)C(=O)C(C)(C)C(=O)C3C2OC2CCCCC12. The van der Waals surface area contributed by atoms with E-state index >= 15 is 0 Å². The Morgan fingerprint density at radius 3 is 2.48 bits per heavy atom. The van der Waals surface area contributed by atoms with Gasteiger partial charge in [-0.25, -0.2) is 0 Å². The molecule has 2 aliphatic carbocycles. The lowest BCUT2D eigenvalue weighted by Gasteiger charge is -2.40. The summed E-state index contributed by atoms with van der Waals surface area (Å²) in [4.78, 5) is 38.0. The smallest absolute Gasteiger partial charge is 0.174 e. The van der Waals surface area contributed by atoms with Crippen molar-refractivity contribution in [3.8, 4) is 0 Å². The molecule has 2 fully saturated rings. The Morgan fingerprint density at radius 2 is 1.80 bits per heavy atom. The van der Waals surface area contributed by atoms with Gasteiger partial charge in [0.15, 0.2) is 17.3 Å². The van der Waals surface area contributed by atoms with E-state index in [0.717, 1.165) is 25.7 Å². The van der Waals surface area contributed by atoms with Gasteiger partial charge in [0.2, 0.25) is 0 Å². The number of hydrogen-bond donors (Lipinski definition) is 0. The van der Waals surface area contributed by atoms with Crippen LogP contribution in [0, 0.1) is 17.3 Å². The predicted octanol–water partition coefficient (Wildman–Crippen LogP) is 2.89. The third kappa shape index (κ3) is 2.14. The van der Waals surface area contributed by atoms with E-state index in [1.807, 2.05) is 0 Å². The molecule has 4 aliphatic rings. The number of hydrogen-bond acceptors (Lipinski definition) is 5. The first kappa shape index (κ1) is 16.7. The number of ether oxygens (including phenoxy) is 2. The van der Waals surface area contributed by atoms with E-state index in [0.29, 0.717) is 22.7 Å². The Labute approximate surface area is 147 Å². The lowest BCUT2D eigenvalue weighted by atomic mass is 9.68. The number of fused-ring (bicyclic) bond motifs is 4. The summed E-state index contributed by atoms with van der Waals surface area (Å²) >= 11 is 0. The van der Waals surface area contributed by atoms with Crippen molar-refractivity contribution in [3.05, 3.63) is 22.7 Å². The van der Waals surface area contributed by atoms with Crippen molar-refractivity contribution < 1.29 is 23.9 Å². The van der Waals surface area contributed by atoms with Crippen LogP contribution in [0.1, 0.15) is 53.4 Å². The van der Waals surface area contributed by atoms with Crippen LogP contribution in [-0.2, 0) is 23.9 Å². The third-order valence-corrected chi connectivity index (χ3v) is 6.28. The highest BCUT2D eigenvalue weighted by molar-refractivity contribution is 6.18. The maximum Gasteiger partial charge on any atom is 0.174 e. The van der Waals surface area contributed by atoms with Gasteiger partial charge >= 0.3 is 0 Å². The number of carbonyl (C=O) groups excluding carboxylic acids is 3. The molecular formula is C20H24O5. The number of ketones is 3. The largest absolute Gasteiger partial charge is 0.462 e. The van der Waals surface area contributed by atoms with Gasteiger partial charge < -0.3 is 9.47 Å². The predicted molar refractivity (Wildman–Crippen MR) is 89.4 cm³/mol. The normalized spacial score (nSPS) is 36.6. The molecule has 0 aromatic carbocycles. The molecule has 25 heavy (non-hydrogen) atoms. The minimum absolute atomic E-state index is 0.0184. The molecule has 4 atom stereocenters. The zero-order valence-electron chi connectivity index (χ0n) is 15.2. The standard InChI is InChI=1S/C20H24O5/c1-9-15-14(19(23)20(3,4)18(9)22)17-16(25-15)13(10(2)21)11-7-5-6-8-12(11)24-17/h11-12,14,17H,5-8H2,1-4H3. The monoisotopic (exact) mass is 344 g/mol. The van der Waals surface area contributed by atoms with Crippen molar-refractivity contribution in [3.63, 3.8) is 0 Å². The highest BCUT2D eigenvalue weighted by atomic mass is 16.6. The second-order valence-corrected chi connectivity index (χ2v) is 8.21. The average molecular weight is 344 g/mol. The summed E-state index contributed by atoms with van der Waals surface area (Å²) < 4.78 is 12.3. The summed E-state index contributed by atoms with van der Waals surface area (Å²) in [5.41, 5.74) is 0.0694. The molecule has 0 N–H and O–H groups in total. The van der Waals surface area contributed by atoms with E-state index < -0.39 is 17.4 Å². The molecule has 0 amide bonds. The molecule has 134 valence electrons. The Morgan fingerprint density at radius 1 is 1.12 bits per heavy atom. The Balaban J connectivity index is 1.88. The Hall–Kier alpha value is -1.75. The summed E-state index contributed by atoms with van der Waals surface area (Å²) in [7, 11) is 0. The first-order valence-corrected chi connectivity index (χ1v) is 9.13. The van der Waals surface area contributed by atoms with Crippen LogP contribution in [0.25, 0.3) is 0 Å². The van der Waals surface area contributed by atoms with Gasteiger partial charge in [0.1, 0.15) is 23.5 Å². The molecule has 0 spiro atoms. The van der Waals surface area contributed by atoms with Crippen molar-refractivity contribution in [2.75, 3.05) is 0 Å². The third-order valence-electron chi connectivity index (χ3n) is 6.28. The summed E-state index contributed by atoms with van der Waals surface area (Å²) in [6, 6.07) is 0. The van der Waals surface area contributed by atoms with Crippen LogP contribution in [0.2, 0.25) is 0 Å². The lowest BCUT2D eigenvalue weighted by molar-refractivity contribution is -0.145. The molecule has 5 nitrogen and oxygen atoms in total. The molecular weight excluding hydrogens is 320 g/mol. The molecule has 4 rings (SSSR count). The maximum absolute atomic E-state index is 13.1. The average Bonchev–Trinajstić information content (AvgIpc) is 2.94. The second-order valence-electron chi connectivity index (χ2n) is 8.21. The summed E-state index contributed by atoms with van der Waals surface area (Å²) in [6.07, 6.45) is 3.32. The van der Waals surface area contributed by atoms with E-state index in [1.165, 1.54) is 0 Å². The van der Waals surface area contributed by atoms with E-state index in [1.54, 1.807) is 27.7 Å². The zero-order chi connectivity index (χ0) is 18.1. The second kappa shape index (κ2) is 5.37. The summed E-state index contributed by atoms with van der Waals surface area (Å²) in [5.74, 6) is -0.0898. The van der Waals surface area contributed by atoms with E-state index in [4.69, 9.17) is 9.47 Å². The summed E-state index contributed by atoms with van der Waals surface area (Å²) in [5, 5.41) is 0. The first-order valence-electron chi connectivity index (χ1n) is 9.13. The van der Waals surface area contributed by atoms with Crippen LogP contribution in [0.5, 0.6) is 0 Å². The minimum atomic E-state index is -1.08. The highest BCUT2D eigenvalue weighted by Gasteiger charge is 2.59. The fourth-order valence-electron chi connectivity index (χ4n) is 4.92. The molecule has 2 heterocycles. The Bertz CT molecular complexity index is 754. The quantitative estimate of drug-likeness (QED) is 0.684. The van der Waals surface area contributed by atoms with Gasteiger partial charge in [-0.05, 0) is 40.5 Å². The number of allylic oxidation sites excluding steroid dienone is 1. The minimum Gasteiger partial charge on any atom is -0.462 e. The van der Waals surface area contributed by atoms with E-state index in [9.17, 15) is 14.4 Å². The van der Waals surface area contributed by atoms with Crippen molar-refractivity contribution in [1.29, 1.82) is 0 Å². The molecule has 1 saturated heterocycles. The number of rotatable bonds is 1. The van der Waals surface area contributed by atoms with Gasteiger partial charge in [-0.3, -0.25) is 14.4 Å². The fraction of sp³-hybridized carbons (Fsp3) is 0.650. The molecule has 0 aromatic heterocycles. The van der Waals surface area contributed by atoms with E-state index in [-0.39, 0.29) is 29.4 Å². The fourth-order valence-corrected chi connectivity index (χ4v) is 4.92. The first-order chi connectivity index (χ1) is 11.7. The van der Waals surface area contributed by atoms with Crippen LogP contribution < -0.4 is 0 Å². The highest BCUT2D eigenvalue weighted by Crippen LogP contribution is 2.52. The van der Waals surface area contributed by atoms with Crippen LogP contribution in [0.15, 0.2) is 22.7 Å². The number of carbonyl (C=O) groups is 3. The van der Waals surface area contributed by atoms with Crippen LogP contribution in [-0.4, -0.2) is 29.6 Å². The molecule has 2 aliphatic heterocycles. The Kier molecular flexibility index (Phi) is 3.59. The van der Waals surface area contributed by atoms with Crippen LogP contribution in [0.4, 0.5) is 0 Å². The van der Waals surface area contributed by atoms with Crippen molar-refractivity contribution >= 4 is 17.3 Å². The molecule has 0 radical (unpaired) electrons. The zero-order valence-corrected chi connectivity index (χ0v) is 15.2. The van der Waals surface area contributed by atoms with Crippen molar-refractivity contribution in [2.45, 2.75) is 65.6 Å². The van der Waals surface area contributed by atoms with Gasteiger partial charge in [0.25, 0.3) is 0 Å². The molecule has 0 bridgehead atoms. The van der Waals surface area contributed by atoms with Gasteiger partial charge in [0.05, 0.1) is 11.5 Å². The summed E-state index contributed by atoms with van der Waals surface area (Å²) in [6.45, 7) is 6.59. The maximum atomic E-state index is 13.1. The molecule has 4 unspecified atom stereocenters. The van der Waals surface area contributed by atoms with Crippen LogP contribution in [0.3, 0.4) is 0 Å². The molecule has 1 saturated carbocycles. The van der Waals surface area contributed by atoms with Crippen molar-refractivity contribution in [1.82, 2.24) is 0 Å². The van der Waals surface area contributed by atoms with Gasteiger partial charge in [0, 0.05) is 17.1 Å². The van der Waals surface area contributed by atoms with Gasteiger partial charge in [-0.15, -0.1) is 0 Å². The number of Topliss-reactive ketones (excluding diaryl/α,β-unsaturated/α-hetero) is 3. The lowest BCUT2D eigenvalue weighted by Crippen LogP contribution is -2.49. The molecule has 5 heteroatoms. The molecule has 0 aromatic rings. The van der Waals surface area contributed by atoms with Crippen LogP contribution >= 0.6 is 0 Å². The van der Waals surface area contributed by atoms with Gasteiger partial charge in [-0.2, -0.15) is 0 Å².